The van der Waals surface area contributed by atoms with Gasteiger partial charge in [0.15, 0.2) is 10.9 Å². The van der Waals surface area contributed by atoms with Crippen LogP contribution in [0.5, 0.6) is 11.5 Å². The van der Waals surface area contributed by atoms with Crippen molar-refractivity contribution in [3.8, 4) is 17.2 Å². The minimum Gasteiger partial charge on any atom is -0.496 e. The Kier molecular flexibility index (Phi) is 8.46. The van der Waals surface area contributed by atoms with Gasteiger partial charge in [-0.2, -0.15) is 0 Å². The third-order valence-electron chi connectivity index (χ3n) is 6.82. The van der Waals surface area contributed by atoms with Gasteiger partial charge in [0.2, 0.25) is 0 Å². The van der Waals surface area contributed by atoms with Crippen LogP contribution in [0, 0.1) is 0 Å². The zero-order valence-corrected chi connectivity index (χ0v) is 25.5. The fraction of sp³-hybridized carbons (Fsp3) is 0.345. The molecule has 204 valence electrons. The normalized spacial score (nSPS) is 13.6. The minimum atomic E-state index is -0.0956. The molecule has 1 aliphatic heterocycles. The maximum Gasteiger partial charge on any atom is 0.267 e. The second-order valence-electron chi connectivity index (χ2n) is 9.52. The zero-order valence-electron chi connectivity index (χ0n) is 22.3. The van der Waals surface area contributed by atoms with E-state index in [9.17, 15) is 9.59 Å². The number of fused-ring (bicyclic) bond motifs is 3. The van der Waals surface area contributed by atoms with Gasteiger partial charge < -0.3 is 9.47 Å². The Morgan fingerprint density at radius 3 is 2.64 bits per heavy atom. The number of aromatic nitrogens is 2. The monoisotopic (exact) mass is 627 g/mol. The molecule has 4 aromatic rings. The standard InChI is InChI=1S/C29H30BrN3O4S2/c1-5-37-20-9-7-19(8-10-20)33-28(35)26-21-12-13-32(17(2)3)15-25(21)39-27(26)31-29(33)38-16-23(34)18-6-11-24(36-4)22(30)14-18/h6-11,14,17H,5,12-13,15-16H2,1-4H3. The highest BCUT2D eigenvalue weighted by Gasteiger charge is 2.27. The number of benzene rings is 2. The SMILES string of the molecule is CCOc1ccc(-n2c(SCC(=O)c3ccc(OC)c(Br)c3)nc3sc4c(c3c2=O)CCN(C(C)C)C4)cc1. The third-order valence-corrected chi connectivity index (χ3v) is 9.48. The molecule has 0 saturated heterocycles. The molecule has 0 bridgehead atoms. The molecule has 2 aromatic carbocycles. The van der Waals surface area contributed by atoms with Crippen molar-refractivity contribution in [1.82, 2.24) is 14.5 Å². The third kappa shape index (κ3) is 5.66. The topological polar surface area (TPSA) is 73.7 Å². The van der Waals surface area contributed by atoms with Crippen LogP contribution < -0.4 is 15.0 Å². The van der Waals surface area contributed by atoms with Gasteiger partial charge in [0.1, 0.15) is 16.3 Å². The van der Waals surface area contributed by atoms with Gasteiger partial charge in [0.25, 0.3) is 5.56 Å². The maximum atomic E-state index is 14.1. The van der Waals surface area contributed by atoms with E-state index in [4.69, 9.17) is 14.5 Å². The lowest BCUT2D eigenvalue weighted by Gasteiger charge is -2.30. The number of carbonyl (C=O) groups is 1. The van der Waals surface area contributed by atoms with E-state index in [1.54, 1.807) is 41.2 Å². The van der Waals surface area contributed by atoms with Gasteiger partial charge in [-0.15, -0.1) is 11.3 Å². The molecule has 0 atom stereocenters. The second kappa shape index (κ2) is 11.8. The first-order valence-electron chi connectivity index (χ1n) is 12.8. The van der Waals surface area contributed by atoms with Crippen LogP contribution in [0.15, 0.2) is 56.9 Å². The molecule has 0 aliphatic carbocycles. The Labute approximate surface area is 244 Å². The van der Waals surface area contributed by atoms with Crippen LogP contribution in [-0.2, 0) is 13.0 Å². The van der Waals surface area contributed by atoms with E-state index in [0.717, 1.165) is 35.7 Å². The molecule has 7 nitrogen and oxygen atoms in total. The minimum absolute atomic E-state index is 0.0611. The van der Waals surface area contributed by atoms with E-state index in [2.05, 4.69) is 34.7 Å². The van der Waals surface area contributed by atoms with Crippen molar-refractivity contribution < 1.29 is 14.3 Å². The molecule has 10 heteroatoms. The molecule has 0 unspecified atom stereocenters. The molecular weight excluding hydrogens is 598 g/mol. The summed E-state index contributed by atoms with van der Waals surface area (Å²) in [4.78, 5) is 36.6. The molecule has 39 heavy (non-hydrogen) atoms. The highest BCUT2D eigenvalue weighted by Crippen LogP contribution is 2.35. The Morgan fingerprint density at radius 2 is 1.97 bits per heavy atom. The number of ether oxygens (including phenoxy) is 2. The summed E-state index contributed by atoms with van der Waals surface area (Å²) < 4.78 is 13.2. The molecule has 2 aromatic heterocycles. The molecule has 0 saturated carbocycles. The number of hydrogen-bond donors (Lipinski definition) is 0. The number of thiophene rings is 1. The highest BCUT2D eigenvalue weighted by molar-refractivity contribution is 9.10. The summed E-state index contributed by atoms with van der Waals surface area (Å²) in [6.07, 6.45) is 0.824. The van der Waals surface area contributed by atoms with Crippen LogP contribution in [0.4, 0.5) is 0 Å². The average molecular weight is 629 g/mol. The Bertz CT molecular complexity index is 1580. The lowest BCUT2D eigenvalue weighted by Crippen LogP contribution is -2.35. The van der Waals surface area contributed by atoms with Gasteiger partial charge in [-0.3, -0.25) is 19.1 Å². The van der Waals surface area contributed by atoms with E-state index in [-0.39, 0.29) is 17.1 Å². The van der Waals surface area contributed by atoms with Crippen LogP contribution in [0.3, 0.4) is 0 Å². The van der Waals surface area contributed by atoms with Crippen LogP contribution in [0.25, 0.3) is 15.9 Å². The zero-order chi connectivity index (χ0) is 27.7. The molecule has 3 heterocycles. The van der Waals surface area contributed by atoms with Gasteiger partial charge >= 0.3 is 0 Å². The van der Waals surface area contributed by atoms with Crippen LogP contribution in [-0.4, -0.2) is 52.3 Å². The maximum absolute atomic E-state index is 14.1. The van der Waals surface area contributed by atoms with Crippen molar-refractivity contribution >= 4 is 55.0 Å². The molecule has 0 radical (unpaired) electrons. The number of rotatable bonds is 9. The Balaban J connectivity index is 1.55. The second-order valence-corrected chi connectivity index (χ2v) is 12.4. The number of Topliss-reactive ketones (excluding diaryl/α,β-unsaturated/α-hetero) is 1. The summed E-state index contributed by atoms with van der Waals surface area (Å²) in [6.45, 7) is 8.63. The first kappa shape index (κ1) is 27.9. The Morgan fingerprint density at radius 1 is 1.21 bits per heavy atom. The summed E-state index contributed by atoms with van der Waals surface area (Å²) in [7, 11) is 1.59. The molecule has 0 N–H and O–H groups in total. The van der Waals surface area contributed by atoms with Crippen molar-refractivity contribution in [2.45, 2.75) is 44.9 Å². The van der Waals surface area contributed by atoms with Gasteiger partial charge in [-0.1, -0.05) is 11.8 Å². The van der Waals surface area contributed by atoms with Gasteiger partial charge in [-0.05, 0) is 91.1 Å². The fourth-order valence-electron chi connectivity index (χ4n) is 4.72. The predicted molar refractivity (Wildman–Crippen MR) is 161 cm³/mol. The van der Waals surface area contributed by atoms with Crippen LogP contribution in [0.2, 0.25) is 0 Å². The number of ketones is 1. The van der Waals surface area contributed by atoms with E-state index in [1.807, 2.05) is 31.2 Å². The van der Waals surface area contributed by atoms with Crippen molar-refractivity contribution in [3.05, 3.63) is 73.3 Å². The summed E-state index contributed by atoms with van der Waals surface area (Å²) in [5, 5.41) is 1.19. The molecular formula is C29H30BrN3O4S2. The van der Waals surface area contributed by atoms with E-state index < -0.39 is 0 Å². The first-order chi connectivity index (χ1) is 18.8. The number of nitrogens with zero attached hydrogens (tertiary/aromatic N) is 3. The Hall–Kier alpha value is -2.66. The van der Waals surface area contributed by atoms with E-state index >= 15 is 0 Å². The van der Waals surface area contributed by atoms with E-state index in [1.165, 1.54) is 16.6 Å². The number of carbonyl (C=O) groups excluding carboxylic acids is 1. The lowest BCUT2D eigenvalue weighted by atomic mass is 10.0. The molecule has 0 amide bonds. The lowest BCUT2D eigenvalue weighted by molar-refractivity contribution is 0.102. The molecule has 0 fully saturated rings. The predicted octanol–water partition coefficient (Wildman–Crippen LogP) is 6.36. The molecule has 5 rings (SSSR count). The summed E-state index contributed by atoms with van der Waals surface area (Å²) in [5.41, 5.74) is 2.27. The first-order valence-corrected chi connectivity index (χ1v) is 15.4. The van der Waals surface area contributed by atoms with Crippen molar-refractivity contribution in [1.29, 1.82) is 0 Å². The summed E-state index contributed by atoms with van der Waals surface area (Å²) >= 11 is 6.32. The number of halogens is 1. The smallest absolute Gasteiger partial charge is 0.267 e. The van der Waals surface area contributed by atoms with Crippen LogP contribution >= 0.6 is 39.0 Å². The fourth-order valence-corrected chi connectivity index (χ4v) is 7.45. The average Bonchev–Trinajstić information content (AvgIpc) is 3.30. The van der Waals surface area contributed by atoms with Crippen molar-refractivity contribution in [2.75, 3.05) is 26.0 Å². The largest absolute Gasteiger partial charge is 0.496 e. The van der Waals surface area contributed by atoms with E-state index in [0.29, 0.717) is 44.7 Å². The molecule has 1 aliphatic rings. The number of thioether (sulfide) groups is 1. The summed E-state index contributed by atoms with van der Waals surface area (Å²) in [5.74, 6) is 1.47. The molecule has 0 spiro atoms. The quantitative estimate of drug-likeness (QED) is 0.121. The van der Waals surface area contributed by atoms with Gasteiger partial charge in [-0.25, -0.2) is 4.98 Å². The van der Waals surface area contributed by atoms with Gasteiger partial charge in [0.05, 0.1) is 35.0 Å². The van der Waals surface area contributed by atoms with Crippen LogP contribution in [0.1, 0.15) is 41.6 Å². The van der Waals surface area contributed by atoms with Crippen molar-refractivity contribution in [3.63, 3.8) is 0 Å². The summed E-state index contributed by atoms with van der Waals surface area (Å²) in [6, 6.07) is 13.1. The number of hydrogen-bond acceptors (Lipinski definition) is 8. The van der Waals surface area contributed by atoms with Crippen molar-refractivity contribution in [2.24, 2.45) is 0 Å². The number of methoxy groups -OCH3 is 1. The highest BCUT2D eigenvalue weighted by atomic mass is 79.9. The van der Waals surface area contributed by atoms with Gasteiger partial charge in [0, 0.05) is 29.6 Å².